The molecule has 0 aliphatic carbocycles. The molecule has 6 nitrogen and oxygen atoms in total. The molecule has 15 heavy (non-hydrogen) atoms. The highest BCUT2D eigenvalue weighted by atomic mass is 31.2. The van der Waals surface area contributed by atoms with Crippen LogP contribution in [0.4, 0.5) is 0 Å². The van der Waals surface area contributed by atoms with Gasteiger partial charge in [0.15, 0.2) is 0 Å². The lowest BCUT2D eigenvalue weighted by Gasteiger charge is -2.06. The van der Waals surface area contributed by atoms with Gasteiger partial charge in [0.2, 0.25) is 0 Å². The van der Waals surface area contributed by atoms with Crippen LogP contribution < -0.4 is 0 Å². The van der Waals surface area contributed by atoms with Crippen molar-refractivity contribution in [3.8, 4) is 0 Å². The van der Waals surface area contributed by atoms with Gasteiger partial charge in [0, 0.05) is 0 Å². The second-order valence-electron chi connectivity index (χ2n) is 3.10. The van der Waals surface area contributed by atoms with Gasteiger partial charge in [0.25, 0.3) is 0 Å². The molecule has 1 unspecified atom stereocenters. The van der Waals surface area contributed by atoms with Crippen molar-refractivity contribution in [1.29, 1.82) is 0 Å². The molecule has 0 saturated carbocycles. The lowest BCUT2D eigenvalue weighted by atomic mass is 10.00. The van der Waals surface area contributed by atoms with Crippen LogP contribution in [-0.4, -0.2) is 25.8 Å². The van der Waals surface area contributed by atoms with E-state index in [9.17, 15) is 4.79 Å². The third-order valence-corrected chi connectivity index (χ3v) is 1.75. The number of aliphatic carboxylic acids is 1. The van der Waals surface area contributed by atoms with E-state index in [0.29, 0.717) is 0 Å². The van der Waals surface area contributed by atoms with Crippen molar-refractivity contribution in [2.24, 2.45) is 5.92 Å². The molecule has 0 heterocycles. The molecule has 0 aromatic heterocycles. The molecule has 0 saturated heterocycles. The van der Waals surface area contributed by atoms with E-state index in [4.69, 9.17) is 24.4 Å². The maximum absolute atomic E-state index is 10.4. The first-order chi connectivity index (χ1) is 6.72. The van der Waals surface area contributed by atoms with Gasteiger partial charge in [0.05, 0.1) is 5.92 Å². The van der Waals surface area contributed by atoms with Crippen LogP contribution in [0, 0.1) is 5.92 Å². The largest absolute Gasteiger partial charge is 0.481 e. The first kappa shape index (κ1) is 17.0. The molecule has 0 aromatic carbocycles. The number of unbranched alkanes of at least 4 members (excludes halogenated alkanes) is 1. The zero-order valence-corrected chi connectivity index (χ0v) is 9.85. The van der Waals surface area contributed by atoms with E-state index in [2.05, 4.69) is 6.92 Å². The molecule has 7 heteroatoms. The quantitative estimate of drug-likeness (QED) is 0.541. The minimum atomic E-state index is -4.64. The number of hydrogen-bond acceptors (Lipinski definition) is 2. The van der Waals surface area contributed by atoms with Crippen molar-refractivity contribution in [2.45, 2.75) is 39.5 Å². The summed E-state index contributed by atoms with van der Waals surface area (Å²) in [5.41, 5.74) is 0. The Morgan fingerprint density at radius 1 is 1.27 bits per heavy atom. The third kappa shape index (κ3) is 19.8. The van der Waals surface area contributed by atoms with Gasteiger partial charge >= 0.3 is 13.8 Å². The zero-order valence-electron chi connectivity index (χ0n) is 8.96. The Bertz CT molecular complexity index is 203. The molecule has 0 amide bonds. The lowest BCUT2D eigenvalue weighted by Crippen LogP contribution is -2.11. The summed E-state index contributed by atoms with van der Waals surface area (Å²) in [5, 5.41) is 8.60. The average Bonchev–Trinajstić information content (AvgIpc) is 2.02. The highest BCUT2D eigenvalue weighted by molar-refractivity contribution is 7.45. The molecule has 4 N–H and O–H groups in total. The number of rotatable bonds is 5. The number of carboxylic acids is 1. The predicted octanol–water partition coefficient (Wildman–Crippen LogP) is 1.36. The van der Waals surface area contributed by atoms with Gasteiger partial charge < -0.3 is 19.8 Å². The second kappa shape index (κ2) is 8.85. The van der Waals surface area contributed by atoms with Crippen molar-refractivity contribution in [3.05, 3.63) is 0 Å². The SMILES string of the molecule is CCCCC(CC)C(=O)O.O=P(O)(O)O. The van der Waals surface area contributed by atoms with Crippen LogP contribution in [0.3, 0.4) is 0 Å². The van der Waals surface area contributed by atoms with Crippen LogP contribution in [0.25, 0.3) is 0 Å². The predicted molar refractivity (Wildman–Crippen MR) is 55.2 cm³/mol. The van der Waals surface area contributed by atoms with E-state index in [0.717, 1.165) is 25.7 Å². The topological polar surface area (TPSA) is 115 Å². The Balaban J connectivity index is 0. The monoisotopic (exact) mass is 242 g/mol. The minimum absolute atomic E-state index is 0.111. The van der Waals surface area contributed by atoms with Gasteiger partial charge in [-0.3, -0.25) is 4.79 Å². The first-order valence-electron chi connectivity index (χ1n) is 4.73. The summed E-state index contributed by atoms with van der Waals surface area (Å²) >= 11 is 0. The summed E-state index contributed by atoms with van der Waals surface area (Å²) in [6.07, 6.45) is 3.71. The fraction of sp³-hybridized carbons (Fsp3) is 0.875. The van der Waals surface area contributed by atoms with Crippen molar-refractivity contribution >= 4 is 13.8 Å². The molecular weight excluding hydrogens is 223 g/mol. The maximum Gasteiger partial charge on any atom is 0.466 e. The standard InChI is InChI=1S/C8H16O2.H3O4P/c1-3-5-6-7(4-2)8(9)10;1-5(2,3)4/h7H,3-6H2,1-2H3,(H,9,10);(H3,1,2,3,4). The fourth-order valence-electron chi connectivity index (χ4n) is 0.953. The van der Waals surface area contributed by atoms with Gasteiger partial charge in [-0.25, -0.2) is 4.57 Å². The minimum Gasteiger partial charge on any atom is -0.481 e. The van der Waals surface area contributed by atoms with Crippen LogP contribution in [0.15, 0.2) is 0 Å². The van der Waals surface area contributed by atoms with Crippen LogP contribution in [0.1, 0.15) is 39.5 Å². The fourth-order valence-corrected chi connectivity index (χ4v) is 0.953. The average molecular weight is 242 g/mol. The van der Waals surface area contributed by atoms with Crippen LogP contribution >= 0.6 is 7.82 Å². The van der Waals surface area contributed by atoms with E-state index < -0.39 is 13.8 Å². The normalized spacial score (nSPS) is 12.6. The summed E-state index contributed by atoms with van der Waals surface area (Å²) in [7, 11) is -4.64. The summed E-state index contributed by atoms with van der Waals surface area (Å²) in [4.78, 5) is 32.0. The van der Waals surface area contributed by atoms with Gasteiger partial charge in [-0.05, 0) is 12.8 Å². The molecular formula is C8H19O6P. The number of hydrogen-bond donors (Lipinski definition) is 4. The number of carbonyl (C=O) groups is 1. The van der Waals surface area contributed by atoms with E-state index in [1.165, 1.54) is 0 Å². The van der Waals surface area contributed by atoms with E-state index >= 15 is 0 Å². The maximum atomic E-state index is 10.4. The zero-order chi connectivity index (χ0) is 12.5. The molecule has 0 rings (SSSR count). The van der Waals surface area contributed by atoms with Crippen LogP contribution in [0.5, 0.6) is 0 Å². The van der Waals surface area contributed by atoms with Gasteiger partial charge in [0.1, 0.15) is 0 Å². The van der Waals surface area contributed by atoms with Gasteiger partial charge in [-0.1, -0.05) is 26.7 Å². The summed E-state index contributed by atoms with van der Waals surface area (Å²) in [6, 6.07) is 0. The number of carboxylic acid groups (broad SMARTS) is 1. The Hall–Kier alpha value is -0.420. The van der Waals surface area contributed by atoms with Crippen molar-refractivity contribution < 1.29 is 29.1 Å². The van der Waals surface area contributed by atoms with Crippen molar-refractivity contribution in [3.63, 3.8) is 0 Å². The first-order valence-corrected chi connectivity index (χ1v) is 6.29. The van der Waals surface area contributed by atoms with Crippen LogP contribution in [0.2, 0.25) is 0 Å². The molecule has 0 aliphatic rings. The van der Waals surface area contributed by atoms with Crippen molar-refractivity contribution in [2.75, 3.05) is 0 Å². The van der Waals surface area contributed by atoms with Gasteiger partial charge in [-0.15, -0.1) is 0 Å². The summed E-state index contributed by atoms with van der Waals surface area (Å²) in [6.45, 7) is 4.00. The molecule has 0 bridgehead atoms. The second-order valence-corrected chi connectivity index (χ2v) is 4.13. The molecule has 0 spiro atoms. The Kier molecular flexibility index (Phi) is 10.0. The Labute approximate surface area is 89.2 Å². The van der Waals surface area contributed by atoms with Crippen LogP contribution in [-0.2, 0) is 9.36 Å². The van der Waals surface area contributed by atoms with E-state index in [1.807, 2.05) is 6.92 Å². The molecule has 1 atom stereocenters. The summed E-state index contributed by atoms with van der Waals surface area (Å²) in [5.74, 6) is -0.754. The Morgan fingerprint density at radius 2 is 1.67 bits per heavy atom. The van der Waals surface area contributed by atoms with E-state index in [1.54, 1.807) is 0 Å². The summed E-state index contributed by atoms with van der Waals surface area (Å²) < 4.78 is 8.88. The third-order valence-electron chi connectivity index (χ3n) is 1.75. The molecule has 0 radical (unpaired) electrons. The Morgan fingerprint density at radius 3 is 1.87 bits per heavy atom. The molecule has 92 valence electrons. The molecule has 0 fully saturated rings. The highest BCUT2D eigenvalue weighted by Crippen LogP contribution is 2.25. The van der Waals surface area contributed by atoms with Crippen molar-refractivity contribution in [1.82, 2.24) is 0 Å². The van der Waals surface area contributed by atoms with E-state index in [-0.39, 0.29) is 5.92 Å². The smallest absolute Gasteiger partial charge is 0.466 e. The number of phosphoric acid groups is 1. The molecule has 0 aromatic rings. The lowest BCUT2D eigenvalue weighted by molar-refractivity contribution is -0.142. The highest BCUT2D eigenvalue weighted by Gasteiger charge is 2.12. The van der Waals surface area contributed by atoms with Gasteiger partial charge in [-0.2, -0.15) is 0 Å². The molecule has 0 aliphatic heterocycles.